The lowest BCUT2D eigenvalue weighted by atomic mass is 10.0. The van der Waals surface area contributed by atoms with Gasteiger partial charge in [0.05, 0.1) is 12.5 Å². The fourth-order valence-electron chi connectivity index (χ4n) is 1.96. The molecule has 0 aliphatic carbocycles. The fraction of sp³-hybridized carbons (Fsp3) is 0.125. The first-order valence-electron chi connectivity index (χ1n) is 6.39. The highest BCUT2D eigenvalue weighted by molar-refractivity contribution is 5.94. The van der Waals surface area contributed by atoms with Crippen LogP contribution in [-0.4, -0.2) is 17.0 Å². The highest BCUT2D eigenvalue weighted by Gasteiger charge is 2.18. The molecule has 0 radical (unpaired) electrons. The van der Waals surface area contributed by atoms with Gasteiger partial charge in [0.2, 0.25) is 0 Å². The third-order valence-electron chi connectivity index (χ3n) is 2.99. The van der Waals surface area contributed by atoms with Crippen molar-refractivity contribution in [2.24, 2.45) is 0 Å². The zero-order valence-electron chi connectivity index (χ0n) is 11.1. The average Bonchev–Trinajstić information content (AvgIpc) is 2.47. The number of aliphatic carboxylic acids is 1. The molecular weight excluding hydrogens is 273 g/mol. The second-order valence-corrected chi connectivity index (χ2v) is 4.54. The highest BCUT2D eigenvalue weighted by atomic mass is 19.1. The summed E-state index contributed by atoms with van der Waals surface area (Å²) in [6, 6.07) is 13.3. The van der Waals surface area contributed by atoms with Crippen molar-refractivity contribution in [3.8, 4) is 0 Å². The molecule has 4 nitrogen and oxygen atoms in total. The summed E-state index contributed by atoms with van der Waals surface area (Å²) in [5.41, 5.74) is 0.984. The van der Waals surface area contributed by atoms with Crippen molar-refractivity contribution in [1.82, 2.24) is 5.32 Å². The Morgan fingerprint density at radius 1 is 1.05 bits per heavy atom. The summed E-state index contributed by atoms with van der Waals surface area (Å²) in [6.07, 6.45) is -0.225. The number of amides is 1. The Bertz CT molecular complexity index is 626. The molecule has 108 valence electrons. The minimum absolute atomic E-state index is 0.225. The van der Waals surface area contributed by atoms with Crippen molar-refractivity contribution < 1.29 is 19.1 Å². The van der Waals surface area contributed by atoms with E-state index in [-0.39, 0.29) is 12.0 Å². The van der Waals surface area contributed by atoms with Crippen LogP contribution in [0.1, 0.15) is 28.4 Å². The highest BCUT2D eigenvalue weighted by Crippen LogP contribution is 2.17. The Hall–Kier alpha value is -2.69. The summed E-state index contributed by atoms with van der Waals surface area (Å²) in [5, 5.41) is 11.6. The molecule has 0 spiro atoms. The van der Waals surface area contributed by atoms with Gasteiger partial charge in [-0.3, -0.25) is 9.59 Å². The molecule has 0 fully saturated rings. The third kappa shape index (κ3) is 4.14. The van der Waals surface area contributed by atoms with E-state index in [1.54, 1.807) is 24.3 Å². The molecule has 1 amide bonds. The Morgan fingerprint density at radius 3 is 2.24 bits per heavy atom. The maximum atomic E-state index is 12.8. The molecule has 0 aliphatic rings. The van der Waals surface area contributed by atoms with Gasteiger partial charge >= 0.3 is 5.97 Å². The topological polar surface area (TPSA) is 66.4 Å². The zero-order valence-corrected chi connectivity index (χ0v) is 11.1. The predicted octanol–water partition coefficient (Wildman–Crippen LogP) is 2.77. The molecule has 2 N–H and O–H groups in total. The van der Waals surface area contributed by atoms with Crippen LogP contribution in [0.2, 0.25) is 0 Å². The van der Waals surface area contributed by atoms with Crippen LogP contribution in [0.4, 0.5) is 4.39 Å². The number of benzene rings is 2. The lowest BCUT2D eigenvalue weighted by Crippen LogP contribution is -2.30. The summed E-state index contributed by atoms with van der Waals surface area (Å²) in [4.78, 5) is 23.0. The number of carboxylic acids is 1. The quantitative estimate of drug-likeness (QED) is 0.888. The van der Waals surface area contributed by atoms with Crippen LogP contribution in [0.25, 0.3) is 0 Å². The molecule has 5 heteroatoms. The number of carbonyl (C=O) groups excluding carboxylic acids is 1. The van der Waals surface area contributed by atoms with Gasteiger partial charge in [-0.25, -0.2) is 4.39 Å². The fourth-order valence-corrected chi connectivity index (χ4v) is 1.96. The molecule has 1 atom stereocenters. The Morgan fingerprint density at radius 2 is 1.67 bits per heavy atom. The van der Waals surface area contributed by atoms with Crippen LogP contribution in [0, 0.1) is 5.82 Å². The van der Waals surface area contributed by atoms with Crippen molar-refractivity contribution in [1.29, 1.82) is 0 Å². The van der Waals surface area contributed by atoms with Gasteiger partial charge in [0, 0.05) is 5.56 Å². The number of carbonyl (C=O) groups is 2. The van der Waals surface area contributed by atoms with E-state index in [0.29, 0.717) is 5.56 Å². The summed E-state index contributed by atoms with van der Waals surface area (Å²) in [5.74, 6) is -1.88. The molecule has 0 bridgehead atoms. The standard InChI is InChI=1S/C16H14FNO3/c17-13-8-6-12(7-9-13)16(21)18-14(10-15(19)20)11-4-2-1-3-5-11/h1-9,14H,10H2,(H,18,21)(H,19,20)/t14-/m0/s1. The lowest BCUT2D eigenvalue weighted by Gasteiger charge is -2.17. The molecular formula is C16H14FNO3. The van der Waals surface area contributed by atoms with Crippen molar-refractivity contribution >= 4 is 11.9 Å². The molecule has 0 heterocycles. The molecule has 2 aromatic rings. The van der Waals surface area contributed by atoms with Gasteiger partial charge in [-0.15, -0.1) is 0 Å². The minimum Gasteiger partial charge on any atom is -0.481 e. The van der Waals surface area contributed by atoms with E-state index in [0.717, 1.165) is 0 Å². The van der Waals surface area contributed by atoms with E-state index >= 15 is 0 Å². The second kappa shape index (κ2) is 6.65. The van der Waals surface area contributed by atoms with Crippen molar-refractivity contribution in [3.63, 3.8) is 0 Å². The van der Waals surface area contributed by atoms with E-state index in [1.807, 2.05) is 6.07 Å². The number of nitrogens with one attached hydrogen (secondary N) is 1. The maximum absolute atomic E-state index is 12.8. The first-order chi connectivity index (χ1) is 10.1. The van der Waals surface area contributed by atoms with Crippen LogP contribution < -0.4 is 5.32 Å². The number of carboxylic acid groups (broad SMARTS) is 1. The Labute approximate surface area is 121 Å². The minimum atomic E-state index is -1.01. The number of hydrogen-bond acceptors (Lipinski definition) is 2. The van der Waals surface area contributed by atoms with Gasteiger partial charge in [-0.2, -0.15) is 0 Å². The van der Waals surface area contributed by atoms with Crippen molar-refractivity contribution in [2.45, 2.75) is 12.5 Å². The van der Waals surface area contributed by atoms with E-state index in [2.05, 4.69) is 5.32 Å². The van der Waals surface area contributed by atoms with Crippen LogP contribution >= 0.6 is 0 Å². The number of rotatable bonds is 5. The van der Waals surface area contributed by atoms with Crippen molar-refractivity contribution in [3.05, 3.63) is 71.5 Å². The predicted molar refractivity (Wildman–Crippen MR) is 75.3 cm³/mol. The van der Waals surface area contributed by atoms with Crippen LogP contribution in [0.15, 0.2) is 54.6 Å². The van der Waals surface area contributed by atoms with Gasteiger partial charge in [0.1, 0.15) is 5.82 Å². The van der Waals surface area contributed by atoms with Crippen LogP contribution in [-0.2, 0) is 4.79 Å². The largest absolute Gasteiger partial charge is 0.481 e. The van der Waals surface area contributed by atoms with Crippen LogP contribution in [0.3, 0.4) is 0 Å². The lowest BCUT2D eigenvalue weighted by molar-refractivity contribution is -0.137. The van der Waals surface area contributed by atoms with Crippen LogP contribution in [0.5, 0.6) is 0 Å². The molecule has 0 aliphatic heterocycles. The summed E-state index contributed by atoms with van der Waals surface area (Å²) < 4.78 is 12.8. The summed E-state index contributed by atoms with van der Waals surface area (Å²) in [7, 11) is 0. The summed E-state index contributed by atoms with van der Waals surface area (Å²) >= 11 is 0. The molecule has 0 saturated carbocycles. The molecule has 0 unspecified atom stereocenters. The summed E-state index contributed by atoms with van der Waals surface area (Å²) in [6.45, 7) is 0. The molecule has 21 heavy (non-hydrogen) atoms. The van der Waals surface area contributed by atoms with Gasteiger partial charge in [-0.05, 0) is 29.8 Å². The van der Waals surface area contributed by atoms with E-state index in [4.69, 9.17) is 5.11 Å². The molecule has 0 saturated heterocycles. The second-order valence-electron chi connectivity index (χ2n) is 4.54. The third-order valence-corrected chi connectivity index (χ3v) is 2.99. The Kier molecular flexibility index (Phi) is 4.66. The first kappa shape index (κ1) is 14.7. The maximum Gasteiger partial charge on any atom is 0.305 e. The average molecular weight is 287 g/mol. The van der Waals surface area contributed by atoms with Gasteiger partial charge in [0.25, 0.3) is 5.91 Å². The van der Waals surface area contributed by atoms with Crippen molar-refractivity contribution in [2.75, 3.05) is 0 Å². The van der Waals surface area contributed by atoms with E-state index in [9.17, 15) is 14.0 Å². The van der Waals surface area contributed by atoms with E-state index in [1.165, 1.54) is 24.3 Å². The Balaban J connectivity index is 2.17. The smallest absolute Gasteiger partial charge is 0.305 e. The zero-order chi connectivity index (χ0) is 15.2. The van der Waals surface area contributed by atoms with E-state index < -0.39 is 23.7 Å². The number of halogens is 1. The molecule has 0 aromatic heterocycles. The van der Waals surface area contributed by atoms with Gasteiger partial charge < -0.3 is 10.4 Å². The normalized spacial score (nSPS) is 11.7. The molecule has 2 rings (SSSR count). The van der Waals surface area contributed by atoms with Gasteiger partial charge in [0.15, 0.2) is 0 Å². The number of hydrogen-bond donors (Lipinski definition) is 2. The monoisotopic (exact) mass is 287 g/mol. The SMILES string of the molecule is O=C(O)C[C@H](NC(=O)c1ccc(F)cc1)c1ccccc1. The first-order valence-corrected chi connectivity index (χ1v) is 6.39. The molecule has 2 aromatic carbocycles. The van der Waals surface area contributed by atoms with Gasteiger partial charge in [-0.1, -0.05) is 30.3 Å².